The molecular weight excluding hydrogens is 626 g/mol. The predicted octanol–water partition coefficient (Wildman–Crippen LogP) is 4.84. The average Bonchev–Trinajstić information content (AvgIpc) is 3.53. The first-order valence-electron chi connectivity index (χ1n) is 15.4. The molecule has 3 fully saturated rings. The molecule has 3 unspecified atom stereocenters. The first-order chi connectivity index (χ1) is 20.7. The number of aliphatic hydroxyl groups excluding tert-OH is 1. The van der Waals surface area contributed by atoms with Crippen LogP contribution >= 0.6 is 15.9 Å². The Kier molecular flexibility index (Phi) is 8.92. The van der Waals surface area contributed by atoms with Gasteiger partial charge < -0.3 is 30.1 Å². The molecule has 7 atom stereocenters. The second-order valence-electron chi connectivity index (χ2n) is 14.1. The van der Waals surface area contributed by atoms with Crippen molar-refractivity contribution in [3.05, 3.63) is 60.2 Å². The molecule has 3 aliphatic rings. The summed E-state index contributed by atoms with van der Waals surface area (Å²) >= 11 is 3.73. The monoisotopic (exact) mass is 669 g/mol. The van der Waals surface area contributed by atoms with Gasteiger partial charge in [-0.2, -0.15) is 0 Å². The van der Waals surface area contributed by atoms with Gasteiger partial charge in [-0.15, -0.1) is 0 Å². The first-order valence-corrected chi connectivity index (χ1v) is 16.3. The number of hydrogen-bond acceptors (Lipinski definition) is 6. The highest BCUT2D eigenvalue weighted by Gasteiger charge is 2.77. The maximum absolute atomic E-state index is 14.6. The molecule has 0 aliphatic carbocycles. The number of halogens is 1. The van der Waals surface area contributed by atoms with Crippen molar-refractivity contribution in [3.63, 3.8) is 0 Å². The number of nitrogens with zero attached hydrogens (tertiary/aromatic N) is 1. The van der Waals surface area contributed by atoms with Crippen LogP contribution in [0.1, 0.15) is 66.0 Å². The summed E-state index contributed by atoms with van der Waals surface area (Å²) in [7, 11) is 0. The number of ether oxygens (including phenoxy) is 2. The van der Waals surface area contributed by atoms with E-state index in [2.05, 4.69) is 47.3 Å². The highest BCUT2D eigenvalue weighted by molar-refractivity contribution is 9.09. The van der Waals surface area contributed by atoms with Gasteiger partial charge in [0.15, 0.2) is 0 Å². The van der Waals surface area contributed by atoms with Crippen molar-refractivity contribution >= 4 is 39.3 Å². The Morgan fingerprint density at radius 2 is 1.75 bits per heavy atom. The van der Waals surface area contributed by atoms with E-state index in [1.807, 2.05) is 51.1 Å². The Hall–Kier alpha value is -2.95. The van der Waals surface area contributed by atoms with Crippen molar-refractivity contribution in [2.75, 3.05) is 18.5 Å². The summed E-state index contributed by atoms with van der Waals surface area (Å²) < 4.78 is 12.2. The number of amides is 3. The smallest absolute Gasteiger partial charge is 0.246 e. The summed E-state index contributed by atoms with van der Waals surface area (Å²) in [5, 5.41) is 16.9. The summed E-state index contributed by atoms with van der Waals surface area (Å²) in [4.78, 5) is 44.2. The zero-order chi connectivity index (χ0) is 32.0. The summed E-state index contributed by atoms with van der Waals surface area (Å²) in [6.07, 6.45) is 0.473. The fraction of sp³-hybridized carbons (Fsp3) is 0.559. The van der Waals surface area contributed by atoms with Crippen LogP contribution in [0.3, 0.4) is 0 Å². The van der Waals surface area contributed by atoms with Gasteiger partial charge in [-0.05, 0) is 68.9 Å². The molecule has 10 heteroatoms. The molecule has 5 rings (SSSR count). The Balaban J connectivity index is 1.53. The Bertz CT molecular complexity index is 1380. The fourth-order valence-electron chi connectivity index (χ4n) is 7.83. The summed E-state index contributed by atoms with van der Waals surface area (Å²) in [6, 6.07) is 14.4. The molecule has 3 aliphatic heterocycles. The quantitative estimate of drug-likeness (QED) is 0.312. The number of alkyl halides is 1. The Labute approximate surface area is 268 Å². The third-order valence-corrected chi connectivity index (χ3v) is 9.68. The number of fused-ring (bicyclic) bond motifs is 1. The number of nitrogens with one attached hydrogen (secondary N) is 2. The largest absolute Gasteiger partial charge is 0.494 e. The van der Waals surface area contributed by atoms with Gasteiger partial charge in [0.2, 0.25) is 17.7 Å². The van der Waals surface area contributed by atoms with Crippen LogP contribution in [0.4, 0.5) is 5.69 Å². The van der Waals surface area contributed by atoms with Gasteiger partial charge in [-0.25, -0.2) is 0 Å². The van der Waals surface area contributed by atoms with Crippen LogP contribution in [-0.2, 0) is 19.1 Å². The van der Waals surface area contributed by atoms with Crippen molar-refractivity contribution in [2.24, 2.45) is 17.3 Å². The molecule has 0 aromatic heterocycles. The lowest BCUT2D eigenvalue weighted by molar-refractivity contribution is -0.146. The lowest BCUT2D eigenvalue weighted by atomic mass is 9.70. The highest BCUT2D eigenvalue weighted by atomic mass is 79.9. The molecule has 3 N–H and O–H groups in total. The Morgan fingerprint density at radius 3 is 2.34 bits per heavy atom. The SMILES string of the molecule is CCOc1ccc(NC(=O)[C@H]2[C@H]3C(=O)N([C@H](CO)c4ccccc4)C(C(=O)NC(C)(C)CC(C)(C)C)C34CC(Br)[C@@H]2O4)cc1. The van der Waals surface area contributed by atoms with Crippen molar-refractivity contribution in [2.45, 2.75) is 88.5 Å². The van der Waals surface area contributed by atoms with E-state index in [0.717, 1.165) is 0 Å². The maximum Gasteiger partial charge on any atom is 0.246 e. The van der Waals surface area contributed by atoms with Crippen LogP contribution in [0.2, 0.25) is 0 Å². The van der Waals surface area contributed by atoms with E-state index >= 15 is 0 Å². The van der Waals surface area contributed by atoms with Crippen molar-refractivity contribution < 1.29 is 29.0 Å². The van der Waals surface area contributed by atoms with E-state index in [-0.39, 0.29) is 28.0 Å². The van der Waals surface area contributed by atoms with Crippen LogP contribution in [0.15, 0.2) is 54.6 Å². The van der Waals surface area contributed by atoms with Crippen molar-refractivity contribution in [1.82, 2.24) is 10.2 Å². The summed E-state index contributed by atoms with van der Waals surface area (Å²) in [5.74, 6) is -2.12. The van der Waals surface area contributed by atoms with Gasteiger partial charge >= 0.3 is 0 Å². The number of hydrogen-bond donors (Lipinski definition) is 3. The van der Waals surface area contributed by atoms with Gasteiger partial charge in [0.1, 0.15) is 17.4 Å². The zero-order valence-electron chi connectivity index (χ0n) is 26.3. The normalized spacial score (nSPS) is 28.5. The number of carbonyl (C=O) groups excluding carboxylic acids is 3. The number of aliphatic hydroxyl groups is 1. The second kappa shape index (κ2) is 12.1. The van der Waals surface area contributed by atoms with Crippen LogP contribution in [0.5, 0.6) is 5.75 Å². The molecule has 3 amide bonds. The molecule has 1 spiro atoms. The van der Waals surface area contributed by atoms with E-state index < -0.39 is 47.8 Å². The molecule has 3 heterocycles. The molecule has 9 nitrogen and oxygen atoms in total. The molecule has 2 aromatic rings. The maximum atomic E-state index is 14.6. The minimum atomic E-state index is -1.25. The predicted molar refractivity (Wildman–Crippen MR) is 171 cm³/mol. The highest BCUT2D eigenvalue weighted by Crippen LogP contribution is 2.61. The van der Waals surface area contributed by atoms with E-state index in [1.165, 1.54) is 4.90 Å². The van der Waals surface area contributed by atoms with Gasteiger partial charge in [-0.3, -0.25) is 14.4 Å². The zero-order valence-corrected chi connectivity index (χ0v) is 27.9. The second-order valence-corrected chi connectivity index (χ2v) is 15.3. The van der Waals surface area contributed by atoms with Crippen molar-refractivity contribution in [1.29, 1.82) is 0 Å². The number of carbonyl (C=O) groups is 3. The average molecular weight is 671 g/mol. The van der Waals surface area contributed by atoms with Crippen molar-refractivity contribution in [3.8, 4) is 5.75 Å². The van der Waals surface area contributed by atoms with Crippen LogP contribution in [-0.4, -0.2) is 69.1 Å². The molecule has 2 aromatic carbocycles. The van der Waals surface area contributed by atoms with E-state index in [0.29, 0.717) is 36.4 Å². The molecule has 3 saturated heterocycles. The third-order valence-electron chi connectivity index (χ3n) is 8.84. The number of benzene rings is 2. The number of likely N-dealkylation sites (tertiary alicyclic amines) is 1. The van der Waals surface area contributed by atoms with Crippen LogP contribution in [0.25, 0.3) is 0 Å². The molecule has 2 bridgehead atoms. The minimum Gasteiger partial charge on any atom is -0.494 e. The summed E-state index contributed by atoms with van der Waals surface area (Å²) in [6.45, 7) is 12.3. The van der Waals surface area contributed by atoms with Gasteiger partial charge in [0.05, 0.1) is 37.2 Å². The fourth-order valence-corrected chi connectivity index (χ4v) is 8.77. The minimum absolute atomic E-state index is 0.0617. The molecular formula is C34H44BrN3O6. The first kappa shape index (κ1) is 32.4. The topological polar surface area (TPSA) is 117 Å². The number of rotatable bonds is 10. The molecule has 238 valence electrons. The standard InChI is InChI=1S/C34H44BrN3O6/c1-7-43-22-15-13-21(14-16-22)36-29(40)25-26-31(42)38(24(18-39)20-11-9-8-10-12-20)28(34(26)17-23(35)27(25)44-34)30(41)37-33(5,6)19-32(2,3)4/h8-16,23-28,39H,7,17-19H2,1-6H3,(H,36,40)(H,37,41)/t23?,24-,25+,26+,27+,28?,34?/m1/s1. The van der Waals surface area contributed by atoms with Gasteiger partial charge in [0, 0.05) is 16.1 Å². The lowest BCUT2D eigenvalue weighted by Gasteiger charge is -2.40. The van der Waals surface area contributed by atoms with E-state index in [9.17, 15) is 19.5 Å². The molecule has 0 radical (unpaired) electrons. The van der Waals surface area contributed by atoms with Gasteiger partial charge in [-0.1, -0.05) is 67.0 Å². The van der Waals surface area contributed by atoms with Crippen LogP contribution in [0, 0.1) is 17.3 Å². The lowest BCUT2D eigenvalue weighted by Crippen LogP contribution is -2.60. The number of anilines is 1. The van der Waals surface area contributed by atoms with E-state index in [4.69, 9.17) is 9.47 Å². The van der Waals surface area contributed by atoms with E-state index in [1.54, 1.807) is 24.3 Å². The molecule has 0 saturated carbocycles. The summed E-state index contributed by atoms with van der Waals surface area (Å²) in [5.41, 5.74) is -0.629. The van der Waals surface area contributed by atoms with Gasteiger partial charge in [0.25, 0.3) is 0 Å². The van der Waals surface area contributed by atoms with Crippen LogP contribution < -0.4 is 15.4 Å². The third kappa shape index (κ3) is 6.00. The Morgan fingerprint density at radius 1 is 1.09 bits per heavy atom. The molecule has 44 heavy (non-hydrogen) atoms.